The summed E-state index contributed by atoms with van der Waals surface area (Å²) >= 11 is 0. The molecule has 0 saturated carbocycles. The first-order valence-electron chi connectivity index (χ1n) is 5.26. The van der Waals surface area contributed by atoms with Gasteiger partial charge in [-0.3, -0.25) is 0 Å². The van der Waals surface area contributed by atoms with E-state index in [-0.39, 0.29) is 0 Å². The maximum Gasteiger partial charge on any atom is 0.0462 e. The summed E-state index contributed by atoms with van der Waals surface area (Å²) in [5.41, 5.74) is 10.7. The zero-order valence-corrected chi connectivity index (χ0v) is 9.75. The number of nitrogens with zero attached hydrogens (tertiary/aromatic N) is 1. The van der Waals surface area contributed by atoms with E-state index < -0.39 is 0 Å². The van der Waals surface area contributed by atoms with E-state index in [1.165, 1.54) is 27.7 Å². The molecule has 0 amide bonds. The van der Waals surface area contributed by atoms with Gasteiger partial charge in [0.15, 0.2) is 0 Å². The van der Waals surface area contributed by atoms with E-state index in [2.05, 4.69) is 43.6 Å². The molecule has 16 heavy (non-hydrogen) atoms. The molecule has 2 aromatic rings. The molecule has 0 spiro atoms. The Labute approximate surface area is 95.9 Å². The fourth-order valence-electron chi connectivity index (χ4n) is 1.96. The van der Waals surface area contributed by atoms with Crippen molar-refractivity contribution >= 4 is 10.9 Å². The van der Waals surface area contributed by atoms with Crippen LogP contribution in [0.5, 0.6) is 0 Å². The van der Waals surface area contributed by atoms with Crippen molar-refractivity contribution in [3.05, 3.63) is 35.0 Å². The summed E-state index contributed by atoms with van der Waals surface area (Å²) in [6, 6.07) is 6.49. The predicted octanol–water partition coefficient (Wildman–Crippen LogP) is 2.43. The maximum atomic E-state index is 6.50. The van der Waals surface area contributed by atoms with Crippen molar-refractivity contribution in [2.24, 2.45) is 5.73 Å². The van der Waals surface area contributed by atoms with E-state index in [0.29, 0.717) is 6.54 Å². The van der Waals surface area contributed by atoms with E-state index in [1.54, 1.807) is 0 Å². The molecule has 0 aliphatic heterocycles. The van der Waals surface area contributed by atoms with Gasteiger partial charge in [-0.2, -0.15) is 0 Å². The van der Waals surface area contributed by atoms with Crippen LogP contribution in [0.1, 0.15) is 16.8 Å². The lowest BCUT2D eigenvalue weighted by Gasteiger charge is -1.98. The number of nitrogens with one attached hydrogen (secondary N) is 1. The van der Waals surface area contributed by atoms with Crippen LogP contribution in [0.25, 0.3) is 10.9 Å². The number of rotatable bonds is 2. The van der Waals surface area contributed by atoms with Gasteiger partial charge in [0.25, 0.3) is 0 Å². The lowest BCUT2D eigenvalue weighted by molar-refractivity contribution is 0.963. The first-order valence-corrected chi connectivity index (χ1v) is 5.26. The average molecular weight is 215 g/mol. The smallest absolute Gasteiger partial charge is 0.0462 e. The van der Waals surface area contributed by atoms with E-state index in [0.717, 1.165) is 6.42 Å². The minimum absolute atomic E-state index is 0.710. The normalized spacial score (nSPS) is 9.81. The SMILES string of the molecule is C#N.Cc1ccc2[nH]c(C)c(CCN)c2c1. The molecule has 1 heterocycles. The molecule has 0 saturated heterocycles. The lowest BCUT2D eigenvalue weighted by atomic mass is 10.1. The number of aromatic nitrogens is 1. The summed E-state index contributed by atoms with van der Waals surface area (Å²) in [5, 5.41) is 7.83. The zero-order valence-electron chi connectivity index (χ0n) is 9.75. The van der Waals surface area contributed by atoms with E-state index in [9.17, 15) is 0 Å². The summed E-state index contributed by atoms with van der Waals surface area (Å²) in [5.74, 6) is 0. The molecule has 2 rings (SSSR count). The van der Waals surface area contributed by atoms with Gasteiger partial charge in [-0.25, -0.2) is 5.26 Å². The highest BCUT2D eigenvalue weighted by Gasteiger charge is 2.06. The summed E-state index contributed by atoms with van der Waals surface area (Å²) in [6.45, 7) is 8.44. The summed E-state index contributed by atoms with van der Waals surface area (Å²) in [6.07, 6.45) is 0.954. The highest BCUT2D eigenvalue weighted by atomic mass is 14.7. The van der Waals surface area contributed by atoms with Gasteiger partial charge in [0.05, 0.1) is 0 Å². The first-order chi connectivity index (χ1) is 7.72. The van der Waals surface area contributed by atoms with E-state index >= 15 is 0 Å². The van der Waals surface area contributed by atoms with Crippen LogP contribution < -0.4 is 5.73 Å². The second-order valence-corrected chi connectivity index (χ2v) is 3.82. The molecule has 0 atom stereocenters. The third kappa shape index (κ3) is 2.23. The monoisotopic (exact) mass is 215 g/mol. The largest absolute Gasteiger partial charge is 0.358 e. The molecule has 0 unspecified atom stereocenters. The molecule has 0 bridgehead atoms. The topological polar surface area (TPSA) is 65.6 Å². The second kappa shape index (κ2) is 5.34. The summed E-state index contributed by atoms with van der Waals surface area (Å²) in [7, 11) is 0. The summed E-state index contributed by atoms with van der Waals surface area (Å²) < 4.78 is 0. The quantitative estimate of drug-likeness (QED) is 0.808. The molecular formula is C13H17N3. The van der Waals surface area contributed by atoms with Crippen molar-refractivity contribution in [2.45, 2.75) is 20.3 Å². The predicted molar refractivity (Wildman–Crippen MR) is 67.2 cm³/mol. The van der Waals surface area contributed by atoms with Gasteiger partial charge in [-0.15, -0.1) is 0 Å². The van der Waals surface area contributed by atoms with Gasteiger partial charge in [-0.05, 0) is 44.5 Å². The third-order valence-corrected chi connectivity index (χ3v) is 2.67. The second-order valence-electron chi connectivity index (χ2n) is 3.82. The van der Waals surface area contributed by atoms with Gasteiger partial charge in [0.2, 0.25) is 0 Å². The van der Waals surface area contributed by atoms with Gasteiger partial charge < -0.3 is 10.7 Å². The molecule has 0 aliphatic rings. The molecule has 3 heteroatoms. The number of nitriles is 1. The Balaban J connectivity index is 0.000000606. The average Bonchev–Trinajstić information content (AvgIpc) is 2.59. The van der Waals surface area contributed by atoms with Crippen LogP contribution in [-0.2, 0) is 6.42 Å². The highest BCUT2D eigenvalue weighted by molar-refractivity contribution is 5.85. The van der Waals surface area contributed by atoms with E-state index in [4.69, 9.17) is 11.0 Å². The number of fused-ring (bicyclic) bond motifs is 1. The van der Waals surface area contributed by atoms with Crippen molar-refractivity contribution in [2.75, 3.05) is 6.54 Å². The zero-order chi connectivity index (χ0) is 12.1. The van der Waals surface area contributed by atoms with Crippen LogP contribution in [-0.4, -0.2) is 11.5 Å². The van der Waals surface area contributed by atoms with Crippen molar-refractivity contribution in [1.82, 2.24) is 4.98 Å². The van der Waals surface area contributed by atoms with Crippen molar-refractivity contribution in [3.8, 4) is 6.57 Å². The number of benzene rings is 1. The van der Waals surface area contributed by atoms with Crippen LogP contribution in [0.3, 0.4) is 0 Å². The van der Waals surface area contributed by atoms with Crippen molar-refractivity contribution in [1.29, 1.82) is 5.26 Å². The molecule has 3 nitrogen and oxygen atoms in total. The molecule has 0 fully saturated rings. The Kier molecular flexibility index (Phi) is 4.10. The van der Waals surface area contributed by atoms with Crippen molar-refractivity contribution in [3.63, 3.8) is 0 Å². The Morgan fingerprint density at radius 2 is 2.00 bits per heavy atom. The van der Waals surface area contributed by atoms with Crippen LogP contribution in [0.4, 0.5) is 0 Å². The molecule has 1 aromatic heterocycles. The van der Waals surface area contributed by atoms with Gasteiger partial charge in [0, 0.05) is 23.2 Å². The van der Waals surface area contributed by atoms with Crippen LogP contribution in [0, 0.1) is 25.7 Å². The van der Waals surface area contributed by atoms with Crippen molar-refractivity contribution < 1.29 is 0 Å². The number of hydrogen-bond donors (Lipinski definition) is 2. The van der Waals surface area contributed by atoms with Gasteiger partial charge in [-0.1, -0.05) is 11.6 Å². The fraction of sp³-hybridized carbons (Fsp3) is 0.308. The number of H-pyrrole nitrogens is 1. The first kappa shape index (κ1) is 12.3. The van der Waals surface area contributed by atoms with Gasteiger partial charge in [0.1, 0.15) is 0 Å². The van der Waals surface area contributed by atoms with Crippen LogP contribution in [0.2, 0.25) is 0 Å². The maximum absolute atomic E-state index is 6.50. The Morgan fingerprint density at radius 3 is 2.62 bits per heavy atom. The number of aromatic amines is 1. The molecule has 1 aromatic carbocycles. The minimum atomic E-state index is 0.710. The molecule has 0 radical (unpaired) electrons. The Morgan fingerprint density at radius 1 is 1.31 bits per heavy atom. The fourth-order valence-corrected chi connectivity index (χ4v) is 1.96. The van der Waals surface area contributed by atoms with Crippen LogP contribution >= 0.6 is 0 Å². The number of hydrogen-bond acceptors (Lipinski definition) is 2. The highest BCUT2D eigenvalue weighted by Crippen LogP contribution is 2.23. The third-order valence-electron chi connectivity index (χ3n) is 2.67. The lowest BCUT2D eigenvalue weighted by Crippen LogP contribution is -2.03. The number of aryl methyl sites for hydroxylation is 2. The van der Waals surface area contributed by atoms with Crippen LogP contribution in [0.15, 0.2) is 18.2 Å². The molecular weight excluding hydrogens is 198 g/mol. The number of nitrogens with two attached hydrogens (primary N) is 1. The van der Waals surface area contributed by atoms with Gasteiger partial charge >= 0.3 is 0 Å². The molecule has 84 valence electrons. The molecule has 0 aliphatic carbocycles. The van der Waals surface area contributed by atoms with E-state index in [1.807, 2.05) is 0 Å². The minimum Gasteiger partial charge on any atom is -0.358 e. The molecule has 3 N–H and O–H groups in total. The summed E-state index contributed by atoms with van der Waals surface area (Å²) in [4.78, 5) is 3.38. The standard InChI is InChI=1S/C12H16N2.CHN/c1-8-3-4-12-11(7-8)10(5-6-13)9(2)14-12;1-2/h3-4,7,14H,5-6,13H2,1-2H3;1H. The Bertz CT molecular complexity index is 494. The Hall–Kier alpha value is -1.79.